The van der Waals surface area contributed by atoms with Gasteiger partial charge in [0, 0.05) is 5.56 Å². The average molecular weight is 291 g/mol. The lowest BCUT2D eigenvalue weighted by atomic mass is 9.82. The highest BCUT2D eigenvalue weighted by Gasteiger charge is 2.34. The second-order valence-electron chi connectivity index (χ2n) is 5.79. The van der Waals surface area contributed by atoms with E-state index in [1.165, 1.54) is 13.2 Å². The van der Waals surface area contributed by atoms with Crippen LogP contribution < -0.4 is 10.5 Å². The highest BCUT2D eigenvalue weighted by molar-refractivity contribution is 5.41. The van der Waals surface area contributed by atoms with Crippen LogP contribution >= 0.6 is 0 Å². The van der Waals surface area contributed by atoms with Gasteiger partial charge in [0.2, 0.25) is 0 Å². The Hall–Kier alpha value is -1.27. The Bertz CT molecular complexity index is 466. The molecule has 0 heterocycles. The Kier molecular flexibility index (Phi) is 4.71. The Morgan fingerprint density at radius 1 is 1.20 bits per heavy atom. The summed E-state index contributed by atoms with van der Waals surface area (Å²) in [6.45, 7) is 5.40. The zero-order valence-corrected chi connectivity index (χ0v) is 12.0. The maximum Gasteiger partial charge on any atom is 0.416 e. The standard InChI is InChI=1S/C14H20F3NO2/c1-13(2,3)12(19)11(18)9-6-5-8(14(15,16)17)7-10(9)20-4/h5-7,11-12,19H,18H2,1-4H3/t11-,12-/m1/s1. The number of rotatable bonds is 3. The first-order chi connectivity index (χ1) is 8.98. The topological polar surface area (TPSA) is 55.5 Å². The molecule has 0 aliphatic heterocycles. The van der Waals surface area contributed by atoms with Crippen LogP contribution in [0.1, 0.15) is 37.9 Å². The van der Waals surface area contributed by atoms with Crippen LogP contribution in [0.15, 0.2) is 18.2 Å². The van der Waals surface area contributed by atoms with Gasteiger partial charge in [0.1, 0.15) is 5.75 Å². The van der Waals surface area contributed by atoms with Crippen LogP contribution in [0.2, 0.25) is 0 Å². The molecule has 0 aromatic heterocycles. The summed E-state index contributed by atoms with van der Waals surface area (Å²) in [5, 5.41) is 10.2. The summed E-state index contributed by atoms with van der Waals surface area (Å²) in [5.74, 6) is 0.0237. The minimum Gasteiger partial charge on any atom is -0.496 e. The van der Waals surface area contributed by atoms with Crippen molar-refractivity contribution in [3.05, 3.63) is 29.3 Å². The Morgan fingerprint density at radius 3 is 2.15 bits per heavy atom. The molecule has 0 spiro atoms. The molecule has 1 rings (SSSR count). The van der Waals surface area contributed by atoms with Crippen molar-refractivity contribution in [1.29, 1.82) is 0 Å². The lowest BCUT2D eigenvalue weighted by Gasteiger charge is -2.31. The van der Waals surface area contributed by atoms with Crippen LogP contribution in [-0.2, 0) is 6.18 Å². The van der Waals surface area contributed by atoms with Gasteiger partial charge in [-0.2, -0.15) is 13.2 Å². The van der Waals surface area contributed by atoms with Gasteiger partial charge in [-0.15, -0.1) is 0 Å². The van der Waals surface area contributed by atoms with Gasteiger partial charge in [-0.25, -0.2) is 0 Å². The normalized spacial score (nSPS) is 15.8. The molecule has 0 saturated heterocycles. The fourth-order valence-corrected chi connectivity index (χ4v) is 1.87. The van der Waals surface area contributed by atoms with Crippen molar-refractivity contribution < 1.29 is 23.0 Å². The van der Waals surface area contributed by atoms with E-state index in [4.69, 9.17) is 10.5 Å². The zero-order valence-electron chi connectivity index (χ0n) is 12.0. The molecule has 6 heteroatoms. The van der Waals surface area contributed by atoms with Crippen molar-refractivity contribution >= 4 is 0 Å². The molecule has 0 aliphatic carbocycles. The molecule has 0 saturated carbocycles. The summed E-state index contributed by atoms with van der Waals surface area (Å²) in [5.41, 5.74) is 5.00. The first-order valence-electron chi connectivity index (χ1n) is 6.17. The number of alkyl halides is 3. The number of hydrogen-bond donors (Lipinski definition) is 2. The third kappa shape index (κ3) is 3.64. The number of benzene rings is 1. The number of methoxy groups -OCH3 is 1. The quantitative estimate of drug-likeness (QED) is 0.899. The first kappa shape index (κ1) is 16.8. The van der Waals surface area contributed by atoms with Crippen LogP contribution in [0.4, 0.5) is 13.2 Å². The van der Waals surface area contributed by atoms with E-state index in [0.717, 1.165) is 12.1 Å². The van der Waals surface area contributed by atoms with E-state index in [0.29, 0.717) is 5.56 Å². The third-order valence-electron chi connectivity index (χ3n) is 3.15. The van der Waals surface area contributed by atoms with E-state index in [-0.39, 0.29) is 5.75 Å². The second kappa shape index (κ2) is 5.61. The zero-order chi connectivity index (χ0) is 15.7. The molecule has 0 fully saturated rings. The maximum atomic E-state index is 12.6. The van der Waals surface area contributed by atoms with Gasteiger partial charge < -0.3 is 15.6 Å². The highest BCUT2D eigenvalue weighted by atomic mass is 19.4. The monoisotopic (exact) mass is 291 g/mol. The van der Waals surface area contributed by atoms with Gasteiger partial charge in [-0.3, -0.25) is 0 Å². The van der Waals surface area contributed by atoms with Crippen LogP contribution in [0.3, 0.4) is 0 Å². The molecule has 114 valence electrons. The van der Waals surface area contributed by atoms with E-state index in [1.54, 1.807) is 20.8 Å². The van der Waals surface area contributed by atoms with E-state index in [9.17, 15) is 18.3 Å². The van der Waals surface area contributed by atoms with Crippen molar-refractivity contribution in [2.24, 2.45) is 11.1 Å². The molecule has 2 atom stereocenters. The van der Waals surface area contributed by atoms with Gasteiger partial charge in [0.15, 0.2) is 0 Å². The van der Waals surface area contributed by atoms with Gasteiger partial charge in [0.05, 0.1) is 24.8 Å². The molecule has 20 heavy (non-hydrogen) atoms. The average Bonchev–Trinajstić information content (AvgIpc) is 2.34. The maximum absolute atomic E-state index is 12.6. The number of halogens is 3. The summed E-state index contributed by atoms with van der Waals surface area (Å²) in [4.78, 5) is 0. The predicted molar refractivity (Wildman–Crippen MR) is 70.4 cm³/mol. The largest absolute Gasteiger partial charge is 0.496 e. The number of hydrogen-bond acceptors (Lipinski definition) is 3. The van der Waals surface area contributed by atoms with Crippen molar-refractivity contribution in [3.8, 4) is 5.75 Å². The Balaban J connectivity index is 3.20. The van der Waals surface area contributed by atoms with Crippen molar-refractivity contribution in [2.75, 3.05) is 7.11 Å². The molecular weight excluding hydrogens is 271 g/mol. The SMILES string of the molecule is COc1cc(C(F)(F)F)ccc1[C@@H](N)[C@@H](O)C(C)(C)C. The molecular formula is C14H20F3NO2. The van der Waals surface area contributed by atoms with Gasteiger partial charge in [0.25, 0.3) is 0 Å². The number of ether oxygens (including phenoxy) is 1. The smallest absolute Gasteiger partial charge is 0.416 e. The second-order valence-corrected chi connectivity index (χ2v) is 5.79. The van der Waals surface area contributed by atoms with Crippen molar-refractivity contribution in [1.82, 2.24) is 0 Å². The Labute approximate surface area is 116 Å². The third-order valence-corrected chi connectivity index (χ3v) is 3.15. The number of aliphatic hydroxyl groups is 1. The molecule has 3 N–H and O–H groups in total. The predicted octanol–water partition coefficient (Wildman–Crippen LogP) is 3.12. The minimum atomic E-state index is -4.45. The summed E-state index contributed by atoms with van der Waals surface area (Å²) < 4.78 is 42.9. The summed E-state index contributed by atoms with van der Waals surface area (Å²) in [7, 11) is 1.27. The minimum absolute atomic E-state index is 0.0237. The molecule has 0 aliphatic rings. The molecule has 0 amide bonds. The molecule has 0 radical (unpaired) electrons. The summed E-state index contributed by atoms with van der Waals surface area (Å²) >= 11 is 0. The fraction of sp³-hybridized carbons (Fsp3) is 0.571. The van der Waals surface area contributed by atoms with Crippen LogP contribution in [-0.4, -0.2) is 18.3 Å². The van der Waals surface area contributed by atoms with E-state index in [1.807, 2.05) is 0 Å². The van der Waals surface area contributed by atoms with E-state index >= 15 is 0 Å². The van der Waals surface area contributed by atoms with Crippen molar-refractivity contribution in [2.45, 2.75) is 39.1 Å². The molecule has 1 aromatic carbocycles. The summed E-state index contributed by atoms with van der Waals surface area (Å²) in [6, 6.07) is 2.26. The van der Waals surface area contributed by atoms with Crippen LogP contribution in [0.25, 0.3) is 0 Å². The molecule has 3 nitrogen and oxygen atoms in total. The van der Waals surface area contributed by atoms with Crippen LogP contribution in [0, 0.1) is 5.41 Å². The number of nitrogens with two attached hydrogens (primary N) is 1. The number of aliphatic hydroxyl groups excluding tert-OH is 1. The molecule has 1 aromatic rings. The molecule has 0 unspecified atom stereocenters. The first-order valence-corrected chi connectivity index (χ1v) is 6.17. The highest BCUT2D eigenvalue weighted by Crippen LogP contribution is 2.37. The van der Waals surface area contributed by atoms with Gasteiger partial charge >= 0.3 is 6.18 Å². The van der Waals surface area contributed by atoms with Crippen LogP contribution in [0.5, 0.6) is 5.75 Å². The lowest BCUT2D eigenvalue weighted by molar-refractivity contribution is -0.137. The van der Waals surface area contributed by atoms with Crippen molar-refractivity contribution in [3.63, 3.8) is 0 Å². The fourth-order valence-electron chi connectivity index (χ4n) is 1.87. The molecule has 0 bridgehead atoms. The van der Waals surface area contributed by atoms with Gasteiger partial charge in [-0.05, 0) is 17.5 Å². The van der Waals surface area contributed by atoms with E-state index in [2.05, 4.69) is 0 Å². The Morgan fingerprint density at radius 2 is 1.75 bits per heavy atom. The lowest BCUT2D eigenvalue weighted by Crippen LogP contribution is -2.37. The summed E-state index contributed by atoms with van der Waals surface area (Å²) in [6.07, 6.45) is -5.36. The van der Waals surface area contributed by atoms with E-state index < -0.39 is 29.3 Å². The van der Waals surface area contributed by atoms with Gasteiger partial charge in [-0.1, -0.05) is 26.8 Å².